The SMILES string of the molecule is Cc1cc(Br)ccc1S(=O)(=O)Nc1nncs1. The second-order valence-electron chi connectivity index (χ2n) is 3.26. The van der Waals surface area contributed by atoms with E-state index in [1.165, 1.54) is 5.51 Å². The number of rotatable bonds is 3. The standard InChI is InChI=1S/C9H8BrN3O2S2/c1-6-4-7(10)2-3-8(6)17(14,15)13-9-12-11-5-16-9/h2-5H,1H3,(H,12,13). The van der Waals surface area contributed by atoms with E-state index in [1.54, 1.807) is 25.1 Å². The Kier molecular flexibility index (Phi) is 3.45. The van der Waals surface area contributed by atoms with Crippen molar-refractivity contribution in [3.63, 3.8) is 0 Å². The van der Waals surface area contributed by atoms with Crippen molar-refractivity contribution in [2.75, 3.05) is 4.72 Å². The molecule has 0 aliphatic carbocycles. The average Bonchev–Trinajstić information content (AvgIpc) is 2.68. The number of benzene rings is 1. The third-order valence-electron chi connectivity index (χ3n) is 2.01. The van der Waals surface area contributed by atoms with Crippen molar-refractivity contribution in [2.24, 2.45) is 0 Å². The maximum atomic E-state index is 12.0. The summed E-state index contributed by atoms with van der Waals surface area (Å²) in [4.78, 5) is 0.232. The Hall–Kier alpha value is -0.990. The highest BCUT2D eigenvalue weighted by atomic mass is 79.9. The van der Waals surface area contributed by atoms with Gasteiger partial charge in [0, 0.05) is 4.47 Å². The van der Waals surface area contributed by atoms with Crippen molar-refractivity contribution in [3.05, 3.63) is 33.7 Å². The van der Waals surface area contributed by atoms with E-state index in [0.29, 0.717) is 5.56 Å². The van der Waals surface area contributed by atoms with Gasteiger partial charge in [0.25, 0.3) is 10.0 Å². The number of sulfonamides is 1. The molecule has 0 unspecified atom stereocenters. The summed E-state index contributed by atoms with van der Waals surface area (Å²) < 4.78 is 27.3. The summed E-state index contributed by atoms with van der Waals surface area (Å²) in [5.74, 6) is 0. The summed E-state index contributed by atoms with van der Waals surface area (Å²) in [6, 6.07) is 4.97. The smallest absolute Gasteiger partial charge is 0.253 e. The van der Waals surface area contributed by atoms with E-state index < -0.39 is 10.0 Å². The van der Waals surface area contributed by atoms with E-state index >= 15 is 0 Å². The molecular weight excluding hydrogens is 326 g/mol. The van der Waals surface area contributed by atoms with Gasteiger partial charge >= 0.3 is 0 Å². The zero-order chi connectivity index (χ0) is 12.5. The molecule has 0 spiro atoms. The summed E-state index contributed by atoms with van der Waals surface area (Å²) in [6.07, 6.45) is 0. The molecule has 2 aromatic rings. The zero-order valence-electron chi connectivity index (χ0n) is 8.71. The maximum absolute atomic E-state index is 12.0. The molecule has 0 amide bonds. The van der Waals surface area contributed by atoms with Crippen LogP contribution in [0.15, 0.2) is 33.1 Å². The molecule has 5 nitrogen and oxygen atoms in total. The van der Waals surface area contributed by atoms with Crippen LogP contribution in [0.3, 0.4) is 0 Å². The van der Waals surface area contributed by atoms with E-state index in [4.69, 9.17) is 0 Å². The van der Waals surface area contributed by atoms with Gasteiger partial charge in [-0.1, -0.05) is 27.3 Å². The van der Waals surface area contributed by atoms with Crippen molar-refractivity contribution in [3.8, 4) is 0 Å². The third kappa shape index (κ3) is 2.82. The quantitative estimate of drug-likeness (QED) is 0.936. The van der Waals surface area contributed by atoms with Gasteiger partial charge in [0.2, 0.25) is 5.13 Å². The highest BCUT2D eigenvalue weighted by Gasteiger charge is 2.18. The highest BCUT2D eigenvalue weighted by Crippen LogP contribution is 2.22. The molecule has 90 valence electrons. The molecule has 8 heteroatoms. The number of aryl methyl sites for hydroxylation is 1. The molecule has 0 fully saturated rings. The van der Waals surface area contributed by atoms with Gasteiger partial charge in [-0.25, -0.2) is 8.42 Å². The predicted octanol–water partition coefficient (Wildman–Crippen LogP) is 2.41. The molecule has 0 radical (unpaired) electrons. The van der Waals surface area contributed by atoms with Gasteiger partial charge in [0.05, 0.1) is 4.90 Å². The van der Waals surface area contributed by atoms with Gasteiger partial charge in [-0.05, 0) is 30.7 Å². The first-order chi connectivity index (χ1) is 7.99. The Labute approximate surface area is 111 Å². The Balaban J connectivity index is 2.38. The lowest BCUT2D eigenvalue weighted by Gasteiger charge is -2.07. The molecule has 1 aromatic heterocycles. The average molecular weight is 334 g/mol. The molecule has 17 heavy (non-hydrogen) atoms. The molecule has 0 bridgehead atoms. The number of anilines is 1. The molecule has 0 saturated heterocycles. The topological polar surface area (TPSA) is 72.0 Å². The normalized spacial score (nSPS) is 11.4. The third-order valence-corrected chi connectivity index (χ3v) is 4.74. The number of hydrogen-bond donors (Lipinski definition) is 1. The van der Waals surface area contributed by atoms with Gasteiger partial charge in [-0.3, -0.25) is 4.72 Å². The van der Waals surface area contributed by atoms with Crippen LogP contribution in [0.4, 0.5) is 5.13 Å². The van der Waals surface area contributed by atoms with E-state index in [9.17, 15) is 8.42 Å². The highest BCUT2D eigenvalue weighted by molar-refractivity contribution is 9.10. The molecule has 1 aromatic carbocycles. The molecule has 0 saturated carbocycles. The minimum atomic E-state index is -3.59. The van der Waals surface area contributed by atoms with Gasteiger partial charge < -0.3 is 0 Å². The summed E-state index contributed by atoms with van der Waals surface area (Å²) >= 11 is 4.42. The Morgan fingerprint density at radius 1 is 1.41 bits per heavy atom. The first-order valence-corrected chi connectivity index (χ1v) is 7.70. The fraction of sp³-hybridized carbons (Fsp3) is 0.111. The molecular formula is C9H8BrN3O2S2. The lowest BCUT2D eigenvalue weighted by Crippen LogP contribution is -2.14. The van der Waals surface area contributed by atoms with Crippen LogP contribution in [0.1, 0.15) is 5.56 Å². The fourth-order valence-electron chi connectivity index (χ4n) is 1.30. The molecule has 0 aliphatic rings. The van der Waals surface area contributed by atoms with E-state index in [2.05, 4.69) is 30.8 Å². The van der Waals surface area contributed by atoms with Gasteiger partial charge in [-0.15, -0.1) is 10.2 Å². The van der Waals surface area contributed by atoms with Gasteiger partial charge in [-0.2, -0.15) is 0 Å². The molecule has 1 heterocycles. The minimum Gasteiger partial charge on any atom is -0.253 e. The number of halogens is 1. The Morgan fingerprint density at radius 3 is 2.76 bits per heavy atom. The second kappa shape index (κ2) is 4.71. The number of nitrogens with one attached hydrogen (secondary N) is 1. The first-order valence-electron chi connectivity index (χ1n) is 4.54. The van der Waals surface area contributed by atoms with Crippen molar-refractivity contribution in [2.45, 2.75) is 11.8 Å². The zero-order valence-corrected chi connectivity index (χ0v) is 11.9. The van der Waals surface area contributed by atoms with Crippen molar-refractivity contribution in [1.82, 2.24) is 10.2 Å². The van der Waals surface area contributed by atoms with Crippen LogP contribution in [-0.2, 0) is 10.0 Å². The summed E-state index contributed by atoms with van der Waals surface area (Å²) in [5.41, 5.74) is 2.13. The minimum absolute atomic E-state index is 0.232. The largest absolute Gasteiger partial charge is 0.263 e. The Bertz CT molecular complexity index is 626. The summed E-state index contributed by atoms with van der Waals surface area (Å²) in [6.45, 7) is 1.74. The number of hydrogen-bond acceptors (Lipinski definition) is 5. The molecule has 2 rings (SSSR count). The van der Waals surface area contributed by atoms with Crippen LogP contribution in [0.2, 0.25) is 0 Å². The monoisotopic (exact) mass is 333 g/mol. The molecule has 1 N–H and O–H groups in total. The number of aromatic nitrogens is 2. The number of nitrogens with zero attached hydrogens (tertiary/aromatic N) is 2. The van der Waals surface area contributed by atoms with Crippen LogP contribution < -0.4 is 4.72 Å². The van der Waals surface area contributed by atoms with Gasteiger partial charge in [0.1, 0.15) is 5.51 Å². The van der Waals surface area contributed by atoms with Crippen LogP contribution >= 0.6 is 27.3 Å². The lowest BCUT2D eigenvalue weighted by atomic mass is 10.2. The summed E-state index contributed by atoms with van der Waals surface area (Å²) in [5, 5.41) is 7.47. The first kappa shape index (κ1) is 12.5. The van der Waals surface area contributed by atoms with Crippen LogP contribution in [0, 0.1) is 6.92 Å². The van der Waals surface area contributed by atoms with Crippen molar-refractivity contribution < 1.29 is 8.42 Å². The maximum Gasteiger partial charge on any atom is 0.263 e. The fourth-order valence-corrected chi connectivity index (χ4v) is 3.70. The van der Waals surface area contributed by atoms with Crippen LogP contribution in [0.25, 0.3) is 0 Å². The molecule has 0 atom stereocenters. The summed E-state index contributed by atoms with van der Waals surface area (Å²) in [7, 11) is -3.59. The van der Waals surface area contributed by atoms with E-state index in [1.807, 2.05) is 0 Å². The predicted molar refractivity (Wildman–Crippen MR) is 69.6 cm³/mol. The second-order valence-corrected chi connectivity index (χ2v) is 6.66. The van der Waals surface area contributed by atoms with Crippen molar-refractivity contribution >= 4 is 42.4 Å². The van der Waals surface area contributed by atoms with E-state index in [-0.39, 0.29) is 10.0 Å². The van der Waals surface area contributed by atoms with E-state index in [0.717, 1.165) is 15.8 Å². The molecule has 0 aliphatic heterocycles. The van der Waals surface area contributed by atoms with Crippen LogP contribution in [0.5, 0.6) is 0 Å². The van der Waals surface area contributed by atoms with Gasteiger partial charge in [0.15, 0.2) is 0 Å². The van der Waals surface area contributed by atoms with Crippen LogP contribution in [-0.4, -0.2) is 18.6 Å². The Morgan fingerprint density at radius 2 is 2.18 bits per heavy atom. The lowest BCUT2D eigenvalue weighted by molar-refractivity contribution is 0.600. The van der Waals surface area contributed by atoms with Crippen molar-refractivity contribution in [1.29, 1.82) is 0 Å².